The molecule has 0 unspecified atom stereocenters. The molecule has 0 fully saturated rings. The van der Waals surface area contributed by atoms with Crippen LogP contribution in [0.1, 0.15) is 5.69 Å². The van der Waals surface area contributed by atoms with Crippen LogP contribution in [-0.2, 0) is 0 Å². The third-order valence-electron chi connectivity index (χ3n) is 4.02. The second-order valence-corrected chi connectivity index (χ2v) is 7.25. The van der Waals surface area contributed by atoms with Crippen molar-refractivity contribution in [3.63, 3.8) is 0 Å². The van der Waals surface area contributed by atoms with Gasteiger partial charge in [0.05, 0.1) is 0 Å². The predicted octanol–water partition coefficient (Wildman–Crippen LogP) is 3.15. The van der Waals surface area contributed by atoms with Crippen LogP contribution in [-0.4, -0.2) is 36.8 Å². The summed E-state index contributed by atoms with van der Waals surface area (Å²) in [5.41, 5.74) is 9.22. The number of nitrogens with one attached hydrogen (secondary N) is 1. The van der Waals surface area contributed by atoms with Gasteiger partial charge in [-0.3, -0.25) is 4.98 Å². The Hall–Kier alpha value is -3.44. The van der Waals surface area contributed by atoms with Crippen molar-refractivity contribution in [1.82, 2.24) is 19.9 Å². The van der Waals surface area contributed by atoms with Gasteiger partial charge in [0.2, 0.25) is 0 Å². The van der Waals surface area contributed by atoms with E-state index in [1.54, 1.807) is 12.4 Å². The Balaban J connectivity index is 1.51. The van der Waals surface area contributed by atoms with Crippen molar-refractivity contribution < 1.29 is 4.74 Å². The molecule has 0 bridgehead atoms. The summed E-state index contributed by atoms with van der Waals surface area (Å²) in [5, 5.41) is 3.25. The van der Waals surface area contributed by atoms with Crippen molar-refractivity contribution in [3.05, 3.63) is 72.7 Å². The first-order valence-electron chi connectivity index (χ1n) is 8.83. The van der Waals surface area contributed by atoms with E-state index in [9.17, 15) is 0 Å². The Morgan fingerprint density at radius 2 is 1.76 bits per heavy atom. The van der Waals surface area contributed by atoms with E-state index in [0.717, 1.165) is 32.9 Å². The molecule has 29 heavy (non-hydrogen) atoms. The predicted molar refractivity (Wildman–Crippen MR) is 114 cm³/mol. The first-order valence-corrected chi connectivity index (χ1v) is 9.76. The Kier molecular flexibility index (Phi) is 5.40. The quantitative estimate of drug-likeness (QED) is 0.457. The number of aryl methyl sites for hydroxylation is 1. The SMILES string of the molecule is Cc1cc(Oc2ccc(Nc3cc(-c4ccc([As])nc4)nc(N)n3)cc2)ccn1. The Labute approximate surface area is 176 Å². The summed E-state index contributed by atoms with van der Waals surface area (Å²) in [6, 6.07) is 17.0. The third kappa shape index (κ3) is 4.89. The second-order valence-electron chi connectivity index (χ2n) is 6.29. The molecule has 3 heterocycles. The molecule has 0 saturated heterocycles. The zero-order valence-corrected chi connectivity index (χ0v) is 17.4. The maximum atomic E-state index is 5.89. The fourth-order valence-corrected chi connectivity index (χ4v) is 2.97. The average Bonchev–Trinajstić information content (AvgIpc) is 2.70. The fraction of sp³-hybridized carbons (Fsp3) is 0.0476. The molecule has 3 N–H and O–H groups in total. The van der Waals surface area contributed by atoms with Crippen LogP contribution in [0.2, 0.25) is 0 Å². The summed E-state index contributed by atoms with van der Waals surface area (Å²) in [6.07, 6.45) is 3.48. The second kappa shape index (κ2) is 8.29. The summed E-state index contributed by atoms with van der Waals surface area (Å²) in [4.78, 5) is 17.0. The van der Waals surface area contributed by atoms with Crippen molar-refractivity contribution in [3.8, 4) is 22.8 Å². The third-order valence-corrected chi connectivity index (χ3v) is 4.57. The van der Waals surface area contributed by atoms with Crippen LogP contribution >= 0.6 is 0 Å². The number of benzene rings is 1. The van der Waals surface area contributed by atoms with Crippen LogP contribution in [0.5, 0.6) is 11.5 Å². The molecular formula is C21H17AsN6O. The van der Waals surface area contributed by atoms with E-state index in [1.807, 2.05) is 61.5 Å². The topological polar surface area (TPSA) is 98.8 Å². The molecule has 142 valence electrons. The van der Waals surface area contributed by atoms with Gasteiger partial charge in [-0.05, 0) is 13.0 Å². The Morgan fingerprint density at radius 1 is 0.931 bits per heavy atom. The number of rotatable bonds is 5. The van der Waals surface area contributed by atoms with Gasteiger partial charge < -0.3 is 4.74 Å². The molecule has 3 aromatic heterocycles. The number of hydrogen-bond acceptors (Lipinski definition) is 7. The van der Waals surface area contributed by atoms with E-state index in [4.69, 9.17) is 10.5 Å². The van der Waals surface area contributed by atoms with Crippen LogP contribution in [0.4, 0.5) is 17.5 Å². The van der Waals surface area contributed by atoms with E-state index in [1.165, 1.54) is 0 Å². The molecule has 0 atom stereocenters. The van der Waals surface area contributed by atoms with Gasteiger partial charge in [0, 0.05) is 18.0 Å². The molecule has 2 radical (unpaired) electrons. The number of ether oxygens (including phenoxy) is 1. The van der Waals surface area contributed by atoms with Gasteiger partial charge in [0.1, 0.15) is 5.75 Å². The van der Waals surface area contributed by atoms with Gasteiger partial charge in [0.15, 0.2) is 0 Å². The fourth-order valence-electron chi connectivity index (χ4n) is 2.69. The van der Waals surface area contributed by atoms with Crippen molar-refractivity contribution in [2.24, 2.45) is 0 Å². The first-order chi connectivity index (χ1) is 14.0. The molecule has 0 amide bonds. The van der Waals surface area contributed by atoms with Crippen molar-refractivity contribution in [2.45, 2.75) is 6.92 Å². The van der Waals surface area contributed by atoms with E-state index in [2.05, 4.69) is 42.1 Å². The van der Waals surface area contributed by atoms with Crippen LogP contribution in [0, 0.1) is 6.92 Å². The molecule has 8 heteroatoms. The van der Waals surface area contributed by atoms with Crippen molar-refractivity contribution in [2.75, 3.05) is 11.1 Å². The molecule has 4 rings (SSSR count). The summed E-state index contributed by atoms with van der Waals surface area (Å²) in [5.74, 6) is 2.27. The van der Waals surface area contributed by atoms with Gasteiger partial charge in [-0.1, -0.05) is 0 Å². The smallest absolute Gasteiger partial charge is 0.0308 e. The van der Waals surface area contributed by atoms with Crippen LogP contribution in [0.3, 0.4) is 0 Å². The zero-order valence-electron chi connectivity index (χ0n) is 15.6. The van der Waals surface area contributed by atoms with E-state index in [-0.39, 0.29) is 5.95 Å². The summed E-state index contributed by atoms with van der Waals surface area (Å²) in [6.45, 7) is 1.92. The number of pyridine rings is 2. The normalized spacial score (nSPS) is 10.6. The maximum Gasteiger partial charge on any atom is 0.0308 e. The minimum absolute atomic E-state index is 0.189. The summed E-state index contributed by atoms with van der Waals surface area (Å²) < 4.78 is 6.73. The number of anilines is 3. The first kappa shape index (κ1) is 18.9. The largest absolute Gasteiger partial charge is 0.261 e. The molecule has 1 aromatic carbocycles. The molecule has 4 aromatic rings. The average molecular weight is 444 g/mol. The Morgan fingerprint density at radius 3 is 2.48 bits per heavy atom. The summed E-state index contributed by atoms with van der Waals surface area (Å²) in [7, 11) is 0. The monoisotopic (exact) mass is 444 g/mol. The molecule has 0 spiro atoms. The Bertz CT molecular complexity index is 1130. The van der Waals surface area contributed by atoms with Crippen molar-refractivity contribution in [1.29, 1.82) is 0 Å². The van der Waals surface area contributed by atoms with Gasteiger partial charge in [-0.2, -0.15) is 0 Å². The molecule has 0 aliphatic rings. The number of hydrogen-bond donors (Lipinski definition) is 2. The van der Waals surface area contributed by atoms with Gasteiger partial charge in [-0.15, -0.1) is 0 Å². The van der Waals surface area contributed by atoms with Gasteiger partial charge in [0.25, 0.3) is 0 Å². The molecule has 7 nitrogen and oxygen atoms in total. The molecule has 0 aliphatic carbocycles. The van der Waals surface area contributed by atoms with Crippen LogP contribution in [0.25, 0.3) is 11.3 Å². The minimum atomic E-state index is 0.189. The number of nitrogen functional groups attached to an aromatic ring is 1. The van der Waals surface area contributed by atoms with E-state index in [0.29, 0.717) is 11.5 Å². The maximum absolute atomic E-state index is 5.89. The van der Waals surface area contributed by atoms with Crippen molar-refractivity contribution >= 4 is 38.8 Å². The number of aromatic nitrogens is 4. The minimum Gasteiger partial charge on any atom is -0.261 e. The van der Waals surface area contributed by atoms with Gasteiger partial charge >= 0.3 is 130 Å². The van der Waals surface area contributed by atoms with Crippen LogP contribution < -0.4 is 20.3 Å². The number of nitrogens with two attached hydrogens (primary N) is 1. The summed E-state index contributed by atoms with van der Waals surface area (Å²) >= 11 is 2.40. The molecular weight excluding hydrogens is 427 g/mol. The standard InChI is InChI=1S/C21H17AsN6O/c1-13-10-17(8-9-24-13)29-16-5-3-15(4-6-16)26-20-11-18(27-21(23)28-20)14-2-7-19(22)25-12-14/h2-12H,1H3,(H3,23,26,27,28). The van der Waals surface area contributed by atoms with Gasteiger partial charge in [-0.25, -0.2) is 0 Å². The van der Waals surface area contributed by atoms with E-state index < -0.39 is 0 Å². The van der Waals surface area contributed by atoms with E-state index >= 15 is 0 Å². The molecule has 0 aliphatic heterocycles. The number of nitrogens with zero attached hydrogens (tertiary/aromatic N) is 4. The van der Waals surface area contributed by atoms with Crippen LogP contribution in [0.15, 0.2) is 67.0 Å². The zero-order chi connectivity index (χ0) is 20.2. The molecule has 0 saturated carbocycles.